The quantitative estimate of drug-likeness (QED) is 0.731. The Morgan fingerprint density at radius 2 is 2.09 bits per heavy atom. The minimum absolute atomic E-state index is 0.181. The normalized spacial score (nSPS) is 10.7. The van der Waals surface area contributed by atoms with E-state index in [1.165, 1.54) is 0 Å². The largest absolute Gasteiger partial charge is 0.349 e. The van der Waals surface area contributed by atoms with Gasteiger partial charge in [-0.3, -0.25) is 14.0 Å². The summed E-state index contributed by atoms with van der Waals surface area (Å²) in [5.41, 5.74) is 0.840. The Kier molecular flexibility index (Phi) is 5.48. The van der Waals surface area contributed by atoms with Crippen molar-refractivity contribution in [3.63, 3.8) is 0 Å². The molecule has 7 nitrogen and oxygen atoms in total. The van der Waals surface area contributed by atoms with Crippen LogP contribution >= 0.6 is 0 Å². The molecule has 2 aromatic heterocycles. The highest BCUT2D eigenvalue weighted by atomic mass is 16.2. The molecule has 0 unspecified atom stereocenters. The third-order valence-corrected chi connectivity index (χ3v) is 3.22. The highest BCUT2D eigenvalue weighted by Gasteiger charge is 2.20. The van der Waals surface area contributed by atoms with Crippen molar-refractivity contribution in [2.45, 2.75) is 0 Å². The van der Waals surface area contributed by atoms with Crippen LogP contribution in [0.1, 0.15) is 21.1 Å². The number of carbonyl (C=O) groups is 2. The molecule has 0 radical (unpaired) electrons. The number of hydrogen-bond acceptors (Lipinski definition) is 4. The van der Waals surface area contributed by atoms with Gasteiger partial charge >= 0.3 is 0 Å². The molecule has 2 heterocycles. The van der Waals surface area contributed by atoms with Crippen molar-refractivity contribution in [3.8, 4) is 0 Å². The molecule has 23 heavy (non-hydrogen) atoms. The van der Waals surface area contributed by atoms with Crippen molar-refractivity contribution in [1.29, 1.82) is 0 Å². The number of rotatable bonds is 7. The smallest absolute Gasteiger partial charge is 0.287 e. The van der Waals surface area contributed by atoms with E-state index in [2.05, 4.69) is 22.2 Å². The summed E-state index contributed by atoms with van der Waals surface area (Å²) in [6.07, 6.45) is 3.30. The van der Waals surface area contributed by atoms with Crippen LogP contribution in [0.25, 0.3) is 5.52 Å². The average molecular weight is 315 g/mol. The molecule has 0 saturated carbocycles. The summed E-state index contributed by atoms with van der Waals surface area (Å²) >= 11 is 0. The van der Waals surface area contributed by atoms with Crippen LogP contribution in [0.15, 0.2) is 37.1 Å². The number of imidazole rings is 1. The van der Waals surface area contributed by atoms with Gasteiger partial charge in [0, 0.05) is 25.8 Å². The average Bonchev–Trinajstić information content (AvgIpc) is 2.92. The van der Waals surface area contributed by atoms with Crippen molar-refractivity contribution in [2.24, 2.45) is 0 Å². The fourth-order valence-electron chi connectivity index (χ4n) is 2.09. The number of likely N-dealkylation sites (N-methyl/N-ethyl adjacent to an activating group) is 1. The van der Waals surface area contributed by atoms with E-state index in [-0.39, 0.29) is 23.3 Å². The molecule has 0 spiro atoms. The van der Waals surface area contributed by atoms with Gasteiger partial charge < -0.3 is 15.5 Å². The lowest BCUT2D eigenvalue weighted by atomic mass is 10.3. The molecule has 2 N–H and O–H groups in total. The minimum atomic E-state index is -0.349. The summed E-state index contributed by atoms with van der Waals surface area (Å²) in [5.74, 6) is -0.461. The van der Waals surface area contributed by atoms with Crippen LogP contribution in [0.3, 0.4) is 0 Å². The zero-order valence-electron chi connectivity index (χ0n) is 13.4. The number of fused-ring (bicyclic) bond motifs is 1. The zero-order chi connectivity index (χ0) is 16.8. The number of amides is 2. The Morgan fingerprint density at radius 1 is 1.30 bits per heavy atom. The van der Waals surface area contributed by atoms with Crippen LogP contribution < -0.4 is 10.6 Å². The second kappa shape index (κ2) is 7.55. The summed E-state index contributed by atoms with van der Waals surface area (Å²) < 4.78 is 1.61. The maximum Gasteiger partial charge on any atom is 0.287 e. The summed E-state index contributed by atoms with van der Waals surface area (Å²) in [6, 6.07) is 5.35. The summed E-state index contributed by atoms with van der Waals surface area (Å²) in [5, 5.41) is 5.49. The van der Waals surface area contributed by atoms with E-state index in [9.17, 15) is 9.59 Å². The molecule has 0 bridgehead atoms. The maximum atomic E-state index is 12.3. The molecule has 0 aliphatic rings. The zero-order valence-corrected chi connectivity index (χ0v) is 13.4. The molecule has 7 heteroatoms. The fourth-order valence-corrected chi connectivity index (χ4v) is 2.09. The molecule has 0 aliphatic heterocycles. The number of aromatic nitrogens is 2. The molecule has 2 rings (SSSR count). The first-order valence-electron chi connectivity index (χ1n) is 7.33. The molecule has 2 aromatic rings. The molecule has 0 atom stereocenters. The van der Waals surface area contributed by atoms with Gasteiger partial charge in [-0.1, -0.05) is 12.1 Å². The SMILES string of the molecule is C=CCNC(=O)c1nc(C(=O)NCCN(C)C)c2ccccn12. The van der Waals surface area contributed by atoms with Gasteiger partial charge in [0.1, 0.15) is 0 Å². The number of nitrogens with zero attached hydrogens (tertiary/aromatic N) is 3. The van der Waals surface area contributed by atoms with Gasteiger partial charge in [-0.25, -0.2) is 4.98 Å². The number of nitrogens with one attached hydrogen (secondary N) is 2. The highest BCUT2D eigenvalue weighted by molar-refractivity contribution is 6.02. The van der Waals surface area contributed by atoms with Crippen molar-refractivity contribution in [1.82, 2.24) is 24.9 Å². The summed E-state index contributed by atoms with van der Waals surface area (Å²) in [4.78, 5) is 30.7. The van der Waals surface area contributed by atoms with Gasteiger partial charge in [0.25, 0.3) is 11.8 Å². The van der Waals surface area contributed by atoms with Crippen LogP contribution in [0, 0.1) is 0 Å². The fraction of sp³-hybridized carbons (Fsp3) is 0.312. The monoisotopic (exact) mass is 315 g/mol. The first-order valence-corrected chi connectivity index (χ1v) is 7.33. The topological polar surface area (TPSA) is 78.7 Å². The number of hydrogen-bond donors (Lipinski definition) is 2. The molecule has 0 saturated heterocycles. The first kappa shape index (κ1) is 16.7. The lowest BCUT2D eigenvalue weighted by Gasteiger charge is -2.09. The summed E-state index contributed by atoms with van der Waals surface area (Å²) in [6.45, 7) is 5.13. The predicted molar refractivity (Wildman–Crippen MR) is 88.6 cm³/mol. The van der Waals surface area contributed by atoms with E-state index in [1.54, 1.807) is 34.9 Å². The lowest BCUT2D eigenvalue weighted by molar-refractivity contribution is 0.0946. The molecule has 122 valence electrons. The van der Waals surface area contributed by atoms with Gasteiger partial charge in [0.05, 0.1) is 5.52 Å². The van der Waals surface area contributed by atoms with E-state index in [0.717, 1.165) is 6.54 Å². The van der Waals surface area contributed by atoms with E-state index in [0.29, 0.717) is 18.6 Å². The van der Waals surface area contributed by atoms with E-state index < -0.39 is 0 Å². The molecule has 2 amide bonds. The van der Waals surface area contributed by atoms with Crippen molar-refractivity contribution < 1.29 is 9.59 Å². The van der Waals surface area contributed by atoms with Crippen molar-refractivity contribution in [3.05, 3.63) is 48.6 Å². The van der Waals surface area contributed by atoms with Crippen LogP contribution in [0.5, 0.6) is 0 Å². The van der Waals surface area contributed by atoms with Gasteiger partial charge in [-0.15, -0.1) is 6.58 Å². The molecule has 0 fully saturated rings. The number of carbonyl (C=O) groups excluding carboxylic acids is 2. The Labute approximate surface area is 135 Å². The van der Waals surface area contributed by atoms with Gasteiger partial charge in [0.15, 0.2) is 5.69 Å². The third-order valence-electron chi connectivity index (χ3n) is 3.22. The molecular formula is C16H21N5O2. The Hall–Kier alpha value is -2.67. The molecular weight excluding hydrogens is 294 g/mol. The third kappa shape index (κ3) is 3.95. The summed E-state index contributed by atoms with van der Waals surface area (Å²) in [7, 11) is 3.86. The van der Waals surface area contributed by atoms with E-state index in [1.807, 2.05) is 19.0 Å². The van der Waals surface area contributed by atoms with Crippen LogP contribution in [0.2, 0.25) is 0 Å². The van der Waals surface area contributed by atoms with E-state index >= 15 is 0 Å². The van der Waals surface area contributed by atoms with Gasteiger partial charge in [-0.05, 0) is 26.2 Å². The maximum absolute atomic E-state index is 12.3. The van der Waals surface area contributed by atoms with Crippen molar-refractivity contribution >= 4 is 17.3 Å². The standard InChI is InChI=1S/C16H21N5O2/c1-4-8-17-16(23)14-19-13(12-7-5-6-10-21(12)14)15(22)18-9-11-20(2)3/h4-7,10H,1,8-9,11H2,2-3H3,(H,17,23)(H,18,22). The second-order valence-corrected chi connectivity index (χ2v) is 5.30. The Balaban J connectivity index is 2.28. The second-order valence-electron chi connectivity index (χ2n) is 5.30. The minimum Gasteiger partial charge on any atom is -0.349 e. The Morgan fingerprint density at radius 3 is 2.78 bits per heavy atom. The van der Waals surface area contributed by atoms with E-state index in [4.69, 9.17) is 0 Å². The molecule has 0 aliphatic carbocycles. The van der Waals surface area contributed by atoms with Crippen molar-refractivity contribution in [2.75, 3.05) is 33.7 Å². The predicted octanol–water partition coefficient (Wildman–Crippen LogP) is 0.542. The van der Waals surface area contributed by atoms with Crippen LogP contribution in [-0.4, -0.2) is 59.8 Å². The van der Waals surface area contributed by atoms with Crippen LogP contribution in [0.4, 0.5) is 0 Å². The molecule has 0 aromatic carbocycles. The van der Waals surface area contributed by atoms with Crippen LogP contribution in [-0.2, 0) is 0 Å². The van der Waals surface area contributed by atoms with Gasteiger partial charge in [0.2, 0.25) is 5.82 Å². The first-order chi connectivity index (χ1) is 11.0. The highest BCUT2D eigenvalue weighted by Crippen LogP contribution is 2.13. The lowest BCUT2D eigenvalue weighted by Crippen LogP contribution is -2.31. The van der Waals surface area contributed by atoms with Gasteiger partial charge in [-0.2, -0.15) is 0 Å². The number of pyridine rings is 1. The Bertz CT molecular complexity index is 720.